The zero-order valence-electron chi connectivity index (χ0n) is 7.53. The maximum Gasteiger partial charge on any atom is 0.269 e. The minimum absolute atomic E-state index is 0.0842. The van der Waals surface area contributed by atoms with Gasteiger partial charge in [-0.1, -0.05) is 6.58 Å². The molecule has 1 rings (SSSR count). The van der Waals surface area contributed by atoms with Crippen molar-refractivity contribution in [2.75, 3.05) is 0 Å². The van der Waals surface area contributed by atoms with E-state index in [9.17, 15) is 4.79 Å². The van der Waals surface area contributed by atoms with Gasteiger partial charge in [0.1, 0.15) is 5.70 Å². The third-order valence-corrected chi connectivity index (χ3v) is 1.61. The van der Waals surface area contributed by atoms with Crippen LogP contribution in [0.3, 0.4) is 0 Å². The molecule has 5 heteroatoms. The Hall–Kier alpha value is -1.88. The number of hydroxylamine groups is 1. The van der Waals surface area contributed by atoms with E-state index in [0.717, 1.165) is 5.56 Å². The number of hydrogen-bond donors (Lipinski definition) is 3. The quantitative estimate of drug-likeness (QED) is 0.471. The highest BCUT2D eigenvalue weighted by Gasteiger charge is 2.03. The van der Waals surface area contributed by atoms with Gasteiger partial charge in [-0.3, -0.25) is 20.5 Å². The van der Waals surface area contributed by atoms with Gasteiger partial charge in [-0.2, -0.15) is 0 Å². The van der Waals surface area contributed by atoms with Gasteiger partial charge in [0, 0.05) is 18.9 Å². The van der Waals surface area contributed by atoms with E-state index < -0.39 is 5.91 Å². The van der Waals surface area contributed by atoms with Crippen molar-refractivity contribution >= 4 is 5.91 Å². The van der Waals surface area contributed by atoms with Gasteiger partial charge in [-0.25, -0.2) is 0 Å². The highest BCUT2D eigenvalue weighted by Crippen LogP contribution is 1.95. The standard InChI is InChI=1S/C9H11N3O2/c1-7(12-14)9(13)11-6-8-2-4-10-5-3-8/h2-5,12,14H,1,6H2,(H,11,13). The second-order valence-electron chi connectivity index (χ2n) is 2.63. The number of amides is 1. The van der Waals surface area contributed by atoms with Crippen molar-refractivity contribution in [3.05, 3.63) is 42.4 Å². The zero-order chi connectivity index (χ0) is 10.4. The second kappa shape index (κ2) is 4.98. The molecule has 0 radical (unpaired) electrons. The molecule has 3 N–H and O–H groups in total. The molecule has 1 aromatic rings. The molecule has 0 aliphatic heterocycles. The lowest BCUT2D eigenvalue weighted by Gasteiger charge is -2.05. The maximum atomic E-state index is 11.1. The molecule has 0 bridgehead atoms. The topological polar surface area (TPSA) is 74.2 Å². The summed E-state index contributed by atoms with van der Waals surface area (Å²) in [6, 6.07) is 3.57. The van der Waals surface area contributed by atoms with Crippen LogP contribution in [-0.2, 0) is 11.3 Å². The van der Waals surface area contributed by atoms with Gasteiger partial charge in [0.05, 0.1) is 0 Å². The lowest BCUT2D eigenvalue weighted by molar-refractivity contribution is -0.118. The number of pyridine rings is 1. The molecule has 1 aromatic heterocycles. The highest BCUT2D eigenvalue weighted by molar-refractivity contribution is 5.91. The lowest BCUT2D eigenvalue weighted by atomic mass is 10.2. The average Bonchev–Trinajstić information content (AvgIpc) is 2.26. The number of nitrogens with one attached hydrogen (secondary N) is 2. The number of carbonyl (C=O) groups excluding carboxylic acids is 1. The van der Waals surface area contributed by atoms with Crippen molar-refractivity contribution in [1.82, 2.24) is 15.8 Å². The largest absolute Gasteiger partial charge is 0.347 e. The van der Waals surface area contributed by atoms with E-state index in [4.69, 9.17) is 5.21 Å². The lowest BCUT2D eigenvalue weighted by Crippen LogP contribution is -2.29. The van der Waals surface area contributed by atoms with Gasteiger partial charge < -0.3 is 5.32 Å². The molecule has 1 amide bonds. The summed E-state index contributed by atoms with van der Waals surface area (Å²) in [5.41, 5.74) is 2.53. The van der Waals surface area contributed by atoms with Gasteiger partial charge >= 0.3 is 0 Å². The SMILES string of the molecule is C=C(NO)C(=O)NCc1ccncc1. The average molecular weight is 193 g/mol. The van der Waals surface area contributed by atoms with E-state index in [-0.39, 0.29) is 5.70 Å². The summed E-state index contributed by atoms with van der Waals surface area (Å²) in [4.78, 5) is 14.9. The summed E-state index contributed by atoms with van der Waals surface area (Å²) >= 11 is 0. The molecule has 0 saturated heterocycles. The predicted molar refractivity (Wildman–Crippen MR) is 50.1 cm³/mol. The number of hydrogen-bond acceptors (Lipinski definition) is 4. The smallest absolute Gasteiger partial charge is 0.269 e. The molecule has 0 aromatic carbocycles. The van der Waals surface area contributed by atoms with E-state index in [1.165, 1.54) is 0 Å². The van der Waals surface area contributed by atoms with E-state index >= 15 is 0 Å². The van der Waals surface area contributed by atoms with Gasteiger partial charge in [-0.05, 0) is 17.7 Å². The van der Waals surface area contributed by atoms with E-state index in [1.807, 2.05) is 0 Å². The maximum absolute atomic E-state index is 11.1. The van der Waals surface area contributed by atoms with Crippen LogP contribution in [0, 0.1) is 0 Å². The van der Waals surface area contributed by atoms with Crippen molar-refractivity contribution in [3.63, 3.8) is 0 Å². The molecular formula is C9H11N3O2. The summed E-state index contributed by atoms with van der Waals surface area (Å²) in [5.74, 6) is -0.440. The Morgan fingerprint density at radius 1 is 1.50 bits per heavy atom. The molecule has 0 aliphatic rings. The van der Waals surface area contributed by atoms with E-state index in [1.54, 1.807) is 30.0 Å². The first-order valence-electron chi connectivity index (χ1n) is 4.00. The first-order valence-corrected chi connectivity index (χ1v) is 4.00. The molecule has 0 atom stereocenters. The van der Waals surface area contributed by atoms with Gasteiger partial charge in [0.15, 0.2) is 0 Å². The molecule has 0 spiro atoms. The molecule has 0 unspecified atom stereocenters. The fourth-order valence-electron chi connectivity index (χ4n) is 0.840. The summed E-state index contributed by atoms with van der Waals surface area (Å²) in [5, 5.41) is 10.9. The van der Waals surface area contributed by atoms with Gasteiger partial charge in [0.25, 0.3) is 5.91 Å². The molecule has 1 heterocycles. The highest BCUT2D eigenvalue weighted by atomic mass is 16.5. The molecule has 5 nitrogen and oxygen atoms in total. The molecule has 14 heavy (non-hydrogen) atoms. The Morgan fingerprint density at radius 3 is 2.71 bits per heavy atom. The molecule has 0 aliphatic carbocycles. The third kappa shape index (κ3) is 2.87. The van der Waals surface area contributed by atoms with Crippen molar-refractivity contribution < 1.29 is 10.0 Å². The van der Waals surface area contributed by atoms with Crippen LogP contribution in [0.5, 0.6) is 0 Å². The van der Waals surface area contributed by atoms with Gasteiger partial charge in [0.2, 0.25) is 0 Å². The normalized spacial score (nSPS) is 9.21. The number of carbonyl (C=O) groups is 1. The molecule has 74 valence electrons. The summed E-state index contributed by atoms with van der Waals surface area (Å²) in [7, 11) is 0. The van der Waals surface area contributed by atoms with Gasteiger partial charge in [-0.15, -0.1) is 0 Å². The molecule has 0 fully saturated rings. The fourth-order valence-corrected chi connectivity index (χ4v) is 0.840. The van der Waals surface area contributed by atoms with Crippen LogP contribution in [-0.4, -0.2) is 16.1 Å². The van der Waals surface area contributed by atoms with Crippen molar-refractivity contribution in [1.29, 1.82) is 0 Å². The van der Waals surface area contributed by atoms with Crippen molar-refractivity contribution in [2.24, 2.45) is 0 Å². The number of aromatic nitrogens is 1. The number of nitrogens with zero attached hydrogens (tertiary/aromatic N) is 1. The van der Waals surface area contributed by atoms with Crippen LogP contribution in [0.2, 0.25) is 0 Å². The molecule has 0 saturated carbocycles. The molecular weight excluding hydrogens is 182 g/mol. The first-order chi connectivity index (χ1) is 6.74. The summed E-state index contributed by atoms with van der Waals surface area (Å²) < 4.78 is 0. The predicted octanol–water partition coefficient (Wildman–Crippen LogP) is 0.190. The van der Waals surface area contributed by atoms with E-state index in [2.05, 4.69) is 16.9 Å². The van der Waals surface area contributed by atoms with Crippen LogP contribution < -0.4 is 10.8 Å². The Morgan fingerprint density at radius 2 is 2.14 bits per heavy atom. The Labute approximate surface area is 81.4 Å². The Bertz CT molecular complexity index is 324. The van der Waals surface area contributed by atoms with Crippen LogP contribution in [0.1, 0.15) is 5.56 Å². The zero-order valence-corrected chi connectivity index (χ0v) is 7.53. The van der Waals surface area contributed by atoms with Crippen LogP contribution >= 0.6 is 0 Å². The van der Waals surface area contributed by atoms with Crippen molar-refractivity contribution in [2.45, 2.75) is 6.54 Å². The minimum atomic E-state index is -0.440. The minimum Gasteiger partial charge on any atom is -0.347 e. The Kier molecular flexibility index (Phi) is 3.63. The summed E-state index contributed by atoms with van der Waals surface area (Å²) in [6.45, 7) is 3.68. The van der Waals surface area contributed by atoms with Crippen LogP contribution in [0.25, 0.3) is 0 Å². The van der Waals surface area contributed by atoms with E-state index in [0.29, 0.717) is 6.54 Å². The second-order valence-corrected chi connectivity index (χ2v) is 2.63. The monoisotopic (exact) mass is 193 g/mol. The summed E-state index contributed by atoms with van der Waals surface area (Å²) in [6.07, 6.45) is 3.28. The van der Waals surface area contributed by atoms with Crippen LogP contribution in [0.4, 0.5) is 0 Å². The Balaban J connectivity index is 2.42. The van der Waals surface area contributed by atoms with Crippen LogP contribution in [0.15, 0.2) is 36.8 Å². The fraction of sp³-hybridized carbons (Fsp3) is 0.111. The third-order valence-electron chi connectivity index (χ3n) is 1.61. The van der Waals surface area contributed by atoms with Crippen molar-refractivity contribution in [3.8, 4) is 0 Å². The number of rotatable bonds is 4. The first kappa shape index (κ1) is 10.2.